The Morgan fingerprint density at radius 1 is 1.33 bits per heavy atom. The molecule has 1 nitrogen and oxygen atoms in total. The SMILES string of the molecule is CC(C)[C@H]1C[C@](O)(C(F)(F)F)C1. The largest absolute Gasteiger partial charge is 0.417 e. The van der Waals surface area contributed by atoms with E-state index in [-0.39, 0.29) is 24.7 Å². The molecular formula is C8H13F3O. The maximum atomic E-state index is 12.1. The summed E-state index contributed by atoms with van der Waals surface area (Å²) < 4.78 is 36.2. The molecule has 1 rings (SSSR count). The van der Waals surface area contributed by atoms with E-state index in [4.69, 9.17) is 5.11 Å². The molecule has 0 bridgehead atoms. The molecule has 0 aromatic carbocycles. The third-order valence-electron chi connectivity index (χ3n) is 2.67. The molecule has 0 aliphatic heterocycles. The smallest absolute Gasteiger partial charge is 0.380 e. The second-order valence-corrected chi connectivity index (χ2v) is 3.94. The van der Waals surface area contributed by atoms with Crippen molar-refractivity contribution in [3.05, 3.63) is 0 Å². The minimum Gasteiger partial charge on any atom is -0.380 e. The van der Waals surface area contributed by atoms with E-state index in [1.54, 1.807) is 0 Å². The first-order valence-electron chi connectivity index (χ1n) is 4.05. The first kappa shape index (κ1) is 9.84. The van der Waals surface area contributed by atoms with Crippen LogP contribution in [-0.2, 0) is 0 Å². The quantitative estimate of drug-likeness (QED) is 0.660. The molecule has 12 heavy (non-hydrogen) atoms. The Bertz CT molecular complexity index is 168. The van der Waals surface area contributed by atoms with Crippen LogP contribution in [0.15, 0.2) is 0 Å². The number of alkyl halides is 3. The van der Waals surface area contributed by atoms with Gasteiger partial charge in [0.15, 0.2) is 5.60 Å². The fourth-order valence-corrected chi connectivity index (χ4v) is 1.51. The lowest BCUT2D eigenvalue weighted by Gasteiger charge is -2.46. The Morgan fingerprint density at radius 2 is 1.75 bits per heavy atom. The van der Waals surface area contributed by atoms with Crippen LogP contribution < -0.4 is 0 Å². The Kier molecular flexibility index (Phi) is 2.15. The predicted molar refractivity (Wildman–Crippen MR) is 38.6 cm³/mol. The van der Waals surface area contributed by atoms with Crippen molar-refractivity contribution in [2.24, 2.45) is 11.8 Å². The molecule has 0 saturated heterocycles. The highest BCUT2D eigenvalue weighted by Gasteiger charge is 2.61. The van der Waals surface area contributed by atoms with Gasteiger partial charge in [-0.05, 0) is 24.7 Å². The zero-order chi connectivity index (χ0) is 9.57. The van der Waals surface area contributed by atoms with Crippen LogP contribution in [0.1, 0.15) is 26.7 Å². The Hall–Kier alpha value is -0.250. The fourth-order valence-electron chi connectivity index (χ4n) is 1.51. The van der Waals surface area contributed by atoms with E-state index in [1.165, 1.54) is 0 Å². The highest BCUT2D eigenvalue weighted by atomic mass is 19.4. The summed E-state index contributed by atoms with van der Waals surface area (Å²) in [6.45, 7) is 3.75. The molecule has 0 amide bonds. The summed E-state index contributed by atoms with van der Waals surface area (Å²) in [6.07, 6.45) is -4.71. The van der Waals surface area contributed by atoms with E-state index < -0.39 is 11.8 Å². The number of halogens is 3. The molecular weight excluding hydrogens is 169 g/mol. The number of hydrogen-bond acceptors (Lipinski definition) is 1. The van der Waals surface area contributed by atoms with E-state index in [1.807, 2.05) is 13.8 Å². The van der Waals surface area contributed by atoms with Gasteiger partial charge < -0.3 is 5.11 Å². The summed E-state index contributed by atoms with van der Waals surface area (Å²) in [5.41, 5.74) is -2.39. The third-order valence-corrected chi connectivity index (χ3v) is 2.67. The van der Waals surface area contributed by atoms with Crippen LogP contribution in [0.5, 0.6) is 0 Å². The van der Waals surface area contributed by atoms with E-state index >= 15 is 0 Å². The molecule has 4 heteroatoms. The van der Waals surface area contributed by atoms with Crippen LogP contribution >= 0.6 is 0 Å². The van der Waals surface area contributed by atoms with Crippen molar-refractivity contribution < 1.29 is 18.3 Å². The minimum absolute atomic E-state index is 0.0247. The maximum absolute atomic E-state index is 12.1. The number of aliphatic hydroxyl groups is 1. The lowest BCUT2D eigenvalue weighted by Crippen LogP contribution is -2.56. The van der Waals surface area contributed by atoms with Gasteiger partial charge in [0, 0.05) is 0 Å². The first-order valence-corrected chi connectivity index (χ1v) is 4.05. The molecule has 1 fully saturated rings. The van der Waals surface area contributed by atoms with E-state index in [0.29, 0.717) is 0 Å². The number of rotatable bonds is 1. The van der Waals surface area contributed by atoms with Crippen LogP contribution in [0.25, 0.3) is 0 Å². The average molecular weight is 182 g/mol. The molecule has 1 saturated carbocycles. The van der Waals surface area contributed by atoms with Gasteiger partial charge in [-0.3, -0.25) is 0 Å². The van der Waals surface area contributed by atoms with Crippen LogP contribution in [0.2, 0.25) is 0 Å². The molecule has 0 heterocycles. The van der Waals surface area contributed by atoms with Crippen LogP contribution in [-0.4, -0.2) is 16.9 Å². The van der Waals surface area contributed by atoms with Crippen molar-refractivity contribution in [2.45, 2.75) is 38.5 Å². The molecule has 0 atom stereocenters. The highest BCUT2D eigenvalue weighted by Crippen LogP contribution is 2.50. The standard InChI is InChI=1S/C8H13F3O/c1-5(2)6-3-7(12,4-6)8(9,10)11/h5-6,12H,3-4H2,1-2H3/t6-,7+. The molecule has 72 valence electrons. The molecule has 0 unspecified atom stereocenters. The highest BCUT2D eigenvalue weighted by molar-refractivity contribution is 5.00. The van der Waals surface area contributed by atoms with Gasteiger partial charge in [-0.2, -0.15) is 13.2 Å². The van der Waals surface area contributed by atoms with Crippen molar-refractivity contribution in [2.75, 3.05) is 0 Å². The molecule has 1 aliphatic rings. The van der Waals surface area contributed by atoms with Gasteiger partial charge in [0.25, 0.3) is 0 Å². The molecule has 0 spiro atoms. The Labute approximate surface area is 69.6 Å². The topological polar surface area (TPSA) is 20.2 Å². The van der Waals surface area contributed by atoms with Gasteiger partial charge in [0.05, 0.1) is 0 Å². The third kappa shape index (κ3) is 1.44. The van der Waals surface area contributed by atoms with Crippen LogP contribution in [0.3, 0.4) is 0 Å². The summed E-state index contributed by atoms with van der Waals surface area (Å²) in [5.74, 6) is 0.254. The normalized spacial score (nSPS) is 36.8. The molecule has 0 radical (unpaired) electrons. The summed E-state index contributed by atoms with van der Waals surface area (Å²) >= 11 is 0. The maximum Gasteiger partial charge on any atom is 0.417 e. The van der Waals surface area contributed by atoms with Gasteiger partial charge in [0.2, 0.25) is 0 Å². The van der Waals surface area contributed by atoms with Crippen LogP contribution in [0, 0.1) is 11.8 Å². The summed E-state index contributed by atoms with van der Waals surface area (Å²) in [6, 6.07) is 0. The van der Waals surface area contributed by atoms with E-state index in [9.17, 15) is 13.2 Å². The average Bonchev–Trinajstić information content (AvgIpc) is 1.77. The molecule has 0 aromatic heterocycles. The summed E-state index contributed by atoms with van der Waals surface area (Å²) in [5, 5.41) is 9.04. The predicted octanol–water partition coefficient (Wildman–Crippen LogP) is 2.35. The van der Waals surface area contributed by atoms with E-state index in [0.717, 1.165) is 0 Å². The van der Waals surface area contributed by atoms with Crippen molar-refractivity contribution in [3.8, 4) is 0 Å². The minimum atomic E-state index is -4.45. The van der Waals surface area contributed by atoms with Gasteiger partial charge in [-0.15, -0.1) is 0 Å². The zero-order valence-corrected chi connectivity index (χ0v) is 7.15. The van der Waals surface area contributed by atoms with Crippen molar-refractivity contribution in [3.63, 3.8) is 0 Å². The monoisotopic (exact) mass is 182 g/mol. The van der Waals surface area contributed by atoms with Crippen molar-refractivity contribution in [1.29, 1.82) is 0 Å². The second-order valence-electron chi connectivity index (χ2n) is 3.94. The summed E-state index contributed by atoms with van der Waals surface area (Å²) in [4.78, 5) is 0. The number of hydrogen-bond donors (Lipinski definition) is 1. The first-order chi connectivity index (χ1) is 5.26. The molecule has 0 aromatic rings. The van der Waals surface area contributed by atoms with Gasteiger partial charge in [0.1, 0.15) is 0 Å². The van der Waals surface area contributed by atoms with Crippen molar-refractivity contribution in [1.82, 2.24) is 0 Å². The second kappa shape index (κ2) is 2.62. The van der Waals surface area contributed by atoms with Crippen molar-refractivity contribution >= 4 is 0 Å². The fraction of sp³-hybridized carbons (Fsp3) is 1.00. The lowest BCUT2D eigenvalue weighted by atomic mass is 9.66. The van der Waals surface area contributed by atoms with Crippen LogP contribution in [0.4, 0.5) is 13.2 Å². The molecule has 1 aliphatic carbocycles. The summed E-state index contributed by atoms with van der Waals surface area (Å²) in [7, 11) is 0. The Balaban J connectivity index is 2.51. The molecule has 1 N–H and O–H groups in total. The van der Waals surface area contributed by atoms with E-state index in [2.05, 4.69) is 0 Å². The van der Waals surface area contributed by atoms with Gasteiger partial charge >= 0.3 is 6.18 Å². The Morgan fingerprint density at radius 3 is 2.00 bits per heavy atom. The van der Waals surface area contributed by atoms with Gasteiger partial charge in [-0.25, -0.2) is 0 Å². The zero-order valence-electron chi connectivity index (χ0n) is 7.15. The van der Waals surface area contributed by atoms with Gasteiger partial charge in [-0.1, -0.05) is 13.8 Å². The lowest BCUT2D eigenvalue weighted by molar-refractivity contribution is -0.302.